The first-order chi connectivity index (χ1) is 11.0. The normalized spacial score (nSPS) is 17.3. The van der Waals surface area contributed by atoms with Gasteiger partial charge in [0.05, 0.1) is 11.0 Å². The Labute approximate surface area is 133 Å². The van der Waals surface area contributed by atoms with Crippen molar-refractivity contribution in [1.29, 1.82) is 0 Å². The summed E-state index contributed by atoms with van der Waals surface area (Å²) in [6, 6.07) is 13.4. The van der Waals surface area contributed by atoms with Crippen LogP contribution in [0.3, 0.4) is 0 Å². The van der Waals surface area contributed by atoms with Gasteiger partial charge in [-0.2, -0.15) is 8.78 Å². The van der Waals surface area contributed by atoms with Crippen LogP contribution in [0.4, 0.5) is 8.78 Å². The molecular formula is C17H16F2O3S. The van der Waals surface area contributed by atoms with E-state index in [2.05, 4.69) is 4.74 Å². The van der Waals surface area contributed by atoms with E-state index < -0.39 is 21.7 Å². The summed E-state index contributed by atoms with van der Waals surface area (Å²) in [4.78, 5) is 0. The molecule has 0 fully saturated rings. The van der Waals surface area contributed by atoms with E-state index in [9.17, 15) is 17.2 Å². The molecular weight excluding hydrogens is 322 g/mol. The molecule has 0 bridgehead atoms. The monoisotopic (exact) mass is 338 g/mol. The molecule has 2 aromatic rings. The van der Waals surface area contributed by atoms with Crippen LogP contribution < -0.4 is 4.74 Å². The van der Waals surface area contributed by atoms with Crippen molar-refractivity contribution in [2.45, 2.75) is 30.5 Å². The van der Waals surface area contributed by atoms with Gasteiger partial charge in [-0.05, 0) is 41.7 Å². The lowest BCUT2D eigenvalue weighted by Crippen LogP contribution is -2.13. The Bertz CT molecular complexity index is 803. The van der Waals surface area contributed by atoms with Crippen LogP contribution in [0.15, 0.2) is 48.5 Å². The molecule has 3 rings (SSSR count). The molecule has 0 saturated carbocycles. The van der Waals surface area contributed by atoms with Gasteiger partial charge >= 0.3 is 6.61 Å². The van der Waals surface area contributed by atoms with Crippen LogP contribution in [0.1, 0.15) is 28.4 Å². The first-order valence-corrected chi connectivity index (χ1v) is 9.00. The lowest BCUT2D eigenvalue weighted by molar-refractivity contribution is -0.0498. The number of hydrogen-bond donors (Lipinski definition) is 0. The summed E-state index contributed by atoms with van der Waals surface area (Å²) in [5.74, 6) is -0.216. The molecule has 0 aliphatic heterocycles. The Balaban J connectivity index is 1.82. The summed E-state index contributed by atoms with van der Waals surface area (Å²) >= 11 is 0. The topological polar surface area (TPSA) is 43.4 Å². The van der Waals surface area contributed by atoms with Crippen molar-refractivity contribution in [2.24, 2.45) is 0 Å². The van der Waals surface area contributed by atoms with Crippen LogP contribution in [0, 0.1) is 0 Å². The lowest BCUT2D eigenvalue weighted by atomic mass is 10.1. The molecule has 3 nitrogen and oxygen atoms in total. The third kappa shape index (κ3) is 3.52. The van der Waals surface area contributed by atoms with Gasteiger partial charge in [0.2, 0.25) is 0 Å². The first kappa shape index (κ1) is 15.9. The fraction of sp³-hybridized carbons (Fsp3) is 0.294. The molecule has 0 heterocycles. The van der Waals surface area contributed by atoms with Crippen molar-refractivity contribution in [3.05, 3.63) is 65.2 Å². The molecule has 0 spiro atoms. The van der Waals surface area contributed by atoms with Crippen molar-refractivity contribution in [3.8, 4) is 5.75 Å². The van der Waals surface area contributed by atoms with Crippen molar-refractivity contribution in [2.75, 3.05) is 0 Å². The third-order valence-corrected chi connectivity index (χ3v) is 6.10. The van der Waals surface area contributed by atoms with E-state index in [1.165, 1.54) is 18.2 Å². The van der Waals surface area contributed by atoms with E-state index in [1.807, 2.05) is 24.3 Å². The van der Waals surface area contributed by atoms with Crippen molar-refractivity contribution in [3.63, 3.8) is 0 Å². The van der Waals surface area contributed by atoms with Gasteiger partial charge in [0.15, 0.2) is 9.84 Å². The average Bonchev–Trinajstić information content (AvgIpc) is 2.91. The Morgan fingerprint density at radius 2 is 1.91 bits per heavy atom. The molecule has 0 N–H and O–H groups in total. The highest BCUT2D eigenvalue weighted by Crippen LogP contribution is 2.38. The number of sulfone groups is 1. The second-order valence-electron chi connectivity index (χ2n) is 5.56. The van der Waals surface area contributed by atoms with Crippen LogP contribution in [-0.4, -0.2) is 15.0 Å². The van der Waals surface area contributed by atoms with E-state index in [-0.39, 0.29) is 11.5 Å². The van der Waals surface area contributed by atoms with Gasteiger partial charge < -0.3 is 4.74 Å². The summed E-state index contributed by atoms with van der Waals surface area (Å²) in [6.45, 7) is -2.93. The predicted octanol–water partition coefficient (Wildman–Crippen LogP) is 3.89. The summed E-state index contributed by atoms with van der Waals surface area (Å²) in [5.41, 5.74) is 2.37. The predicted molar refractivity (Wildman–Crippen MR) is 83.2 cm³/mol. The largest absolute Gasteiger partial charge is 0.435 e. The number of ether oxygens (including phenoxy) is 1. The maximum absolute atomic E-state index is 12.7. The molecule has 0 aromatic heterocycles. The van der Waals surface area contributed by atoms with Crippen LogP contribution in [0.25, 0.3) is 0 Å². The van der Waals surface area contributed by atoms with Crippen LogP contribution in [-0.2, 0) is 22.0 Å². The Morgan fingerprint density at radius 3 is 2.70 bits per heavy atom. The van der Waals surface area contributed by atoms with Gasteiger partial charge in [0, 0.05) is 0 Å². The fourth-order valence-electron chi connectivity index (χ4n) is 3.04. The molecule has 0 saturated heterocycles. The Hall–Kier alpha value is -1.95. The van der Waals surface area contributed by atoms with Crippen LogP contribution in [0.5, 0.6) is 5.75 Å². The lowest BCUT2D eigenvalue weighted by Gasteiger charge is -2.14. The van der Waals surface area contributed by atoms with Gasteiger partial charge in [-0.3, -0.25) is 0 Å². The van der Waals surface area contributed by atoms with Gasteiger partial charge in [0.1, 0.15) is 5.75 Å². The van der Waals surface area contributed by atoms with E-state index >= 15 is 0 Å². The van der Waals surface area contributed by atoms with E-state index in [1.54, 1.807) is 6.07 Å². The Kier molecular flexibility index (Phi) is 4.35. The van der Waals surface area contributed by atoms with Gasteiger partial charge in [-0.1, -0.05) is 36.4 Å². The average molecular weight is 338 g/mol. The second-order valence-corrected chi connectivity index (χ2v) is 7.74. The molecule has 1 atom stereocenters. The third-order valence-electron chi connectivity index (χ3n) is 4.00. The molecule has 0 amide bonds. The zero-order valence-electron chi connectivity index (χ0n) is 12.3. The summed E-state index contributed by atoms with van der Waals surface area (Å²) in [6.07, 6.45) is 1.31. The quantitative estimate of drug-likeness (QED) is 0.831. The van der Waals surface area contributed by atoms with Gasteiger partial charge in [0.25, 0.3) is 0 Å². The second kappa shape index (κ2) is 6.28. The summed E-state index contributed by atoms with van der Waals surface area (Å²) in [5, 5.41) is -0.529. The van der Waals surface area contributed by atoms with E-state index in [0.717, 1.165) is 17.5 Å². The number of benzene rings is 2. The molecule has 23 heavy (non-hydrogen) atoms. The summed E-state index contributed by atoms with van der Waals surface area (Å²) in [7, 11) is -3.41. The first-order valence-electron chi connectivity index (χ1n) is 7.29. The molecule has 0 radical (unpaired) electrons. The number of rotatable bonds is 5. The standard InChI is InChI=1S/C17H16F2O3S/c18-17(19)22-14-6-3-4-12(10-14)11-23(20,21)16-9-8-13-5-1-2-7-15(13)16/h1-7,10,16-17H,8-9,11H2. The number of aryl methyl sites for hydroxylation is 1. The van der Waals surface area contributed by atoms with E-state index in [4.69, 9.17) is 0 Å². The fourth-order valence-corrected chi connectivity index (χ4v) is 4.97. The zero-order chi connectivity index (χ0) is 16.4. The van der Waals surface area contributed by atoms with Crippen molar-refractivity contribution >= 4 is 9.84 Å². The highest BCUT2D eigenvalue weighted by atomic mass is 32.2. The van der Waals surface area contributed by atoms with Gasteiger partial charge in [-0.25, -0.2) is 8.42 Å². The molecule has 1 unspecified atom stereocenters. The van der Waals surface area contributed by atoms with Crippen molar-refractivity contribution in [1.82, 2.24) is 0 Å². The van der Waals surface area contributed by atoms with E-state index in [0.29, 0.717) is 12.0 Å². The zero-order valence-corrected chi connectivity index (χ0v) is 13.1. The Morgan fingerprint density at radius 1 is 1.13 bits per heavy atom. The highest BCUT2D eigenvalue weighted by molar-refractivity contribution is 7.90. The number of fused-ring (bicyclic) bond motifs is 1. The van der Waals surface area contributed by atoms with Gasteiger partial charge in [-0.15, -0.1) is 0 Å². The maximum atomic E-state index is 12.7. The SMILES string of the molecule is O=S(=O)(Cc1cccc(OC(F)F)c1)C1CCc2ccccc21. The number of halogens is 2. The minimum atomic E-state index is -3.41. The maximum Gasteiger partial charge on any atom is 0.387 e. The van der Waals surface area contributed by atoms with Crippen molar-refractivity contribution < 1.29 is 21.9 Å². The number of alkyl halides is 2. The molecule has 2 aromatic carbocycles. The smallest absolute Gasteiger partial charge is 0.387 e. The summed E-state index contributed by atoms with van der Waals surface area (Å²) < 4.78 is 54.3. The molecule has 1 aliphatic rings. The molecule has 1 aliphatic carbocycles. The number of hydrogen-bond acceptors (Lipinski definition) is 3. The van der Waals surface area contributed by atoms with Crippen LogP contribution in [0.2, 0.25) is 0 Å². The molecule has 6 heteroatoms. The minimum absolute atomic E-state index is 0.0282. The minimum Gasteiger partial charge on any atom is -0.435 e. The highest BCUT2D eigenvalue weighted by Gasteiger charge is 2.33. The molecule has 122 valence electrons. The van der Waals surface area contributed by atoms with Crippen LogP contribution >= 0.6 is 0 Å².